The lowest BCUT2D eigenvalue weighted by Gasteiger charge is -2.19. The highest BCUT2D eigenvalue weighted by Crippen LogP contribution is 2.34. The van der Waals surface area contributed by atoms with Gasteiger partial charge in [0, 0.05) is 41.0 Å². The molecule has 0 radical (unpaired) electrons. The predicted octanol–water partition coefficient (Wildman–Crippen LogP) is 4.26. The van der Waals surface area contributed by atoms with Crippen LogP contribution >= 0.6 is 22.7 Å². The molecule has 0 atom stereocenters. The Morgan fingerprint density at radius 2 is 2.19 bits per heavy atom. The molecule has 0 aliphatic carbocycles. The quantitative estimate of drug-likeness (QED) is 0.696. The lowest BCUT2D eigenvalue weighted by Crippen LogP contribution is -2.24. The zero-order chi connectivity index (χ0) is 18.8. The Kier molecular flexibility index (Phi) is 4.91. The summed E-state index contributed by atoms with van der Waals surface area (Å²) in [4.78, 5) is 30.6. The second-order valence-electron chi connectivity index (χ2n) is 6.04. The van der Waals surface area contributed by atoms with E-state index >= 15 is 0 Å². The zero-order valence-corrected chi connectivity index (χ0v) is 16.2. The van der Waals surface area contributed by atoms with E-state index in [0.717, 1.165) is 22.7 Å². The summed E-state index contributed by atoms with van der Waals surface area (Å²) in [6, 6.07) is 7.28. The minimum atomic E-state index is -0.278. The maximum atomic E-state index is 12.5. The van der Waals surface area contributed by atoms with Crippen molar-refractivity contribution < 1.29 is 14.3 Å². The van der Waals surface area contributed by atoms with Gasteiger partial charge in [-0.1, -0.05) is 0 Å². The molecule has 3 aromatic rings. The van der Waals surface area contributed by atoms with Crippen LogP contribution in [0.1, 0.15) is 23.3 Å². The molecule has 6 nitrogen and oxygen atoms in total. The highest BCUT2D eigenvalue weighted by atomic mass is 32.1. The van der Waals surface area contributed by atoms with Gasteiger partial charge in [0.1, 0.15) is 16.5 Å². The van der Waals surface area contributed by atoms with Crippen molar-refractivity contribution in [3.8, 4) is 16.3 Å². The fourth-order valence-corrected chi connectivity index (χ4v) is 4.49. The van der Waals surface area contributed by atoms with Crippen LogP contribution in [-0.2, 0) is 4.79 Å². The molecule has 1 N–H and O–H groups in total. The van der Waals surface area contributed by atoms with Crippen LogP contribution in [0.4, 0.5) is 11.4 Å². The standard InChI is InChI=1S/C19H17N3O3S2/c1-25-16-9-13(4-5-15(16)22-7-2-3-17(22)23)20-18(24)14-11-27-19(21-14)12-6-8-26-10-12/h4-6,8-11H,2-3,7H2,1H3,(H,20,24). The fraction of sp³-hybridized carbons (Fsp3) is 0.211. The number of ether oxygens (including phenoxy) is 1. The minimum absolute atomic E-state index is 0.0912. The number of thiazole rings is 1. The van der Waals surface area contributed by atoms with Crippen LogP contribution in [0.25, 0.3) is 10.6 Å². The molecule has 0 saturated carbocycles. The third-order valence-electron chi connectivity index (χ3n) is 4.31. The average molecular weight is 399 g/mol. The number of thiophene rings is 1. The topological polar surface area (TPSA) is 71.5 Å². The van der Waals surface area contributed by atoms with Crippen molar-refractivity contribution in [1.82, 2.24) is 4.98 Å². The number of benzene rings is 1. The Labute approximate surface area is 164 Å². The van der Waals surface area contributed by atoms with E-state index in [1.807, 2.05) is 16.8 Å². The molecule has 0 bridgehead atoms. The highest BCUT2D eigenvalue weighted by molar-refractivity contribution is 7.14. The number of amides is 2. The summed E-state index contributed by atoms with van der Waals surface area (Å²) < 4.78 is 5.43. The lowest BCUT2D eigenvalue weighted by atomic mass is 10.2. The van der Waals surface area contributed by atoms with Crippen molar-refractivity contribution in [3.63, 3.8) is 0 Å². The first kappa shape index (κ1) is 17.7. The summed E-state index contributed by atoms with van der Waals surface area (Å²) in [5.74, 6) is 0.369. The smallest absolute Gasteiger partial charge is 0.275 e. The lowest BCUT2D eigenvalue weighted by molar-refractivity contribution is -0.117. The Hall–Kier alpha value is -2.71. The number of methoxy groups -OCH3 is 1. The number of carbonyl (C=O) groups is 2. The first-order chi connectivity index (χ1) is 13.2. The second kappa shape index (κ2) is 7.50. The largest absolute Gasteiger partial charge is 0.494 e. The van der Waals surface area contributed by atoms with Crippen LogP contribution in [-0.4, -0.2) is 30.5 Å². The molecular weight excluding hydrogens is 382 g/mol. The van der Waals surface area contributed by atoms with Gasteiger partial charge in [0.25, 0.3) is 5.91 Å². The maximum Gasteiger partial charge on any atom is 0.275 e. The van der Waals surface area contributed by atoms with E-state index in [2.05, 4.69) is 10.3 Å². The molecule has 2 amide bonds. The SMILES string of the molecule is COc1cc(NC(=O)c2csc(-c3ccsc3)n2)ccc1N1CCCC1=O. The molecule has 2 aromatic heterocycles. The van der Waals surface area contributed by atoms with Crippen LogP contribution in [0.3, 0.4) is 0 Å². The van der Waals surface area contributed by atoms with Crippen molar-refractivity contribution in [1.29, 1.82) is 0 Å². The number of aromatic nitrogens is 1. The molecule has 138 valence electrons. The third-order valence-corrected chi connectivity index (χ3v) is 5.88. The van der Waals surface area contributed by atoms with Gasteiger partial charge in [-0.25, -0.2) is 4.98 Å². The summed E-state index contributed by atoms with van der Waals surface area (Å²) in [6.07, 6.45) is 1.40. The van der Waals surface area contributed by atoms with Gasteiger partial charge >= 0.3 is 0 Å². The Balaban J connectivity index is 1.52. The molecule has 4 rings (SSSR count). The summed E-state index contributed by atoms with van der Waals surface area (Å²) in [6.45, 7) is 0.686. The van der Waals surface area contributed by atoms with Gasteiger partial charge < -0.3 is 15.0 Å². The molecule has 3 heterocycles. The molecule has 1 aliphatic heterocycles. The summed E-state index contributed by atoms with van der Waals surface area (Å²) in [5.41, 5.74) is 2.72. The second-order valence-corrected chi connectivity index (χ2v) is 7.68. The minimum Gasteiger partial charge on any atom is -0.494 e. The molecule has 1 aliphatic rings. The number of rotatable bonds is 5. The van der Waals surface area contributed by atoms with E-state index < -0.39 is 0 Å². The fourth-order valence-electron chi connectivity index (χ4n) is 2.97. The molecule has 1 aromatic carbocycles. The van der Waals surface area contributed by atoms with Crippen LogP contribution < -0.4 is 15.0 Å². The number of anilines is 2. The van der Waals surface area contributed by atoms with Crippen LogP contribution in [0, 0.1) is 0 Å². The first-order valence-electron chi connectivity index (χ1n) is 8.43. The number of hydrogen-bond donors (Lipinski definition) is 1. The molecule has 1 saturated heterocycles. The van der Waals surface area contributed by atoms with E-state index in [4.69, 9.17) is 4.74 Å². The molecule has 27 heavy (non-hydrogen) atoms. The van der Waals surface area contributed by atoms with Crippen molar-refractivity contribution in [3.05, 3.63) is 46.1 Å². The van der Waals surface area contributed by atoms with Crippen molar-refractivity contribution in [2.75, 3.05) is 23.9 Å². The van der Waals surface area contributed by atoms with E-state index in [0.29, 0.717) is 30.1 Å². The summed E-state index contributed by atoms with van der Waals surface area (Å²) in [5, 5.41) is 9.40. The first-order valence-corrected chi connectivity index (χ1v) is 10.3. The monoisotopic (exact) mass is 399 g/mol. The molecule has 0 spiro atoms. The molecule has 1 fully saturated rings. The average Bonchev–Trinajstić information content (AvgIpc) is 3.42. The Morgan fingerprint density at radius 3 is 2.89 bits per heavy atom. The molecule has 0 unspecified atom stereocenters. The van der Waals surface area contributed by atoms with Crippen LogP contribution in [0.15, 0.2) is 40.4 Å². The number of nitrogens with one attached hydrogen (secondary N) is 1. The van der Waals surface area contributed by atoms with Crippen LogP contribution in [0.5, 0.6) is 5.75 Å². The highest BCUT2D eigenvalue weighted by Gasteiger charge is 2.24. The molecule has 8 heteroatoms. The van der Waals surface area contributed by atoms with E-state index in [1.165, 1.54) is 11.3 Å². The van der Waals surface area contributed by atoms with Gasteiger partial charge in [0.05, 0.1) is 12.8 Å². The maximum absolute atomic E-state index is 12.5. The van der Waals surface area contributed by atoms with Crippen LogP contribution in [0.2, 0.25) is 0 Å². The van der Waals surface area contributed by atoms with Gasteiger partial charge in [0.2, 0.25) is 5.91 Å². The predicted molar refractivity (Wildman–Crippen MR) is 108 cm³/mol. The van der Waals surface area contributed by atoms with Gasteiger partial charge in [-0.15, -0.1) is 11.3 Å². The zero-order valence-electron chi connectivity index (χ0n) is 14.6. The Morgan fingerprint density at radius 1 is 1.30 bits per heavy atom. The summed E-state index contributed by atoms with van der Waals surface area (Å²) in [7, 11) is 1.55. The van der Waals surface area contributed by atoms with Gasteiger partial charge in [0.15, 0.2) is 0 Å². The number of nitrogens with zero attached hydrogens (tertiary/aromatic N) is 2. The normalized spacial score (nSPS) is 13.8. The number of carbonyl (C=O) groups excluding carboxylic acids is 2. The van der Waals surface area contributed by atoms with Gasteiger partial charge in [-0.2, -0.15) is 11.3 Å². The van der Waals surface area contributed by atoms with Gasteiger partial charge in [-0.05, 0) is 30.0 Å². The van der Waals surface area contributed by atoms with Crippen molar-refractivity contribution in [2.45, 2.75) is 12.8 Å². The van der Waals surface area contributed by atoms with E-state index in [9.17, 15) is 9.59 Å². The van der Waals surface area contributed by atoms with E-state index in [-0.39, 0.29) is 11.8 Å². The van der Waals surface area contributed by atoms with Crippen molar-refractivity contribution in [2.24, 2.45) is 0 Å². The van der Waals surface area contributed by atoms with E-state index in [1.54, 1.807) is 46.9 Å². The Bertz CT molecular complexity index is 982. The van der Waals surface area contributed by atoms with Crippen molar-refractivity contribution >= 4 is 45.9 Å². The third kappa shape index (κ3) is 3.58. The summed E-state index contributed by atoms with van der Waals surface area (Å²) >= 11 is 3.03. The molecular formula is C19H17N3O3S2. The van der Waals surface area contributed by atoms with Gasteiger partial charge in [-0.3, -0.25) is 9.59 Å². The number of hydrogen-bond acceptors (Lipinski definition) is 6.